The van der Waals surface area contributed by atoms with Gasteiger partial charge in [0.15, 0.2) is 0 Å². The van der Waals surface area contributed by atoms with E-state index in [1.165, 1.54) is 11.1 Å². The molecule has 0 saturated heterocycles. The highest BCUT2D eigenvalue weighted by molar-refractivity contribution is 5.47. The summed E-state index contributed by atoms with van der Waals surface area (Å²) in [4.78, 5) is 0. The Morgan fingerprint density at radius 2 is 1.50 bits per heavy atom. The van der Waals surface area contributed by atoms with Crippen LogP contribution in [0.5, 0.6) is 0 Å². The molecule has 0 atom stereocenters. The predicted molar refractivity (Wildman–Crippen MR) is 81.9 cm³/mol. The van der Waals surface area contributed by atoms with Crippen LogP contribution < -0.4 is 0 Å². The average Bonchev–Trinajstić information content (AvgIpc) is 2.12. The number of hydrogen-bond acceptors (Lipinski definition) is 1. The molecule has 0 bridgehead atoms. The third-order valence-electron chi connectivity index (χ3n) is 1.89. The van der Waals surface area contributed by atoms with Gasteiger partial charge in [-0.25, -0.2) is 0 Å². The summed E-state index contributed by atoms with van der Waals surface area (Å²) in [6, 6.07) is 8.26. The fraction of sp³-hybridized carbons (Fsp3) is 0.529. The fourth-order valence-electron chi connectivity index (χ4n) is 1.72. The van der Waals surface area contributed by atoms with Gasteiger partial charge in [0.25, 0.3) is 0 Å². The topological polar surface area (TPSA) is 9.23 Å². The summed E-state index contributed by atoms with van der Waals surface area (Å²) < 4.78 is 5.62. The van der Waals surface area contributed by atoms with Gasteiger partial charge in [0.05, 0.1) is 11.2 Å². The van der Waals surface area contributed by atoms with Gasteiger partial charge in [0, 0.05) is 0 Å². The van der Waals surface area contributed by atoms with Gasteiger partial charge < -0.3 is 4.74 Å². The van der Waals surface area contributed by atoms with Crippen molar-refractivity contribution in [1.29, 1.82) is 0 Å². The molecule has 1 aromatic carbocycles. The van der Waals surface area contributed by atoms with E-state index in [4.69, 9.17) is 4.74 Å². The van der Waals surface area contributed by atoms with Crippen LogP contribution in [0.2, 0.25) is 0 Å². The summed E-state index contributed by atoms with van der Waals surface area (Å²) in [6.07, 6.45) is 1.85. The third-order valence-corrected chi connectivity index (χ3v) is 1.89. The molecule has 18 heavy (non-hydrogen) atoms. The molecule has 0 aromatic heterocycles. The Kier molecular flexibility index (Phi) is 6.34. The van der Waals surface area contributed by atoms with Crippen molar-refractivity contribution in [2.75, 3.05) is 0 Å². The summed E-state index contributed by atoms with van der Waals surface area (Å²) in [5.74, 6) is 0. The Labute approximate surface area is 113 Å². The first-order valence-corrected chi connectivity index (χ1v) is 6.43. The van der Waals surface area contributed by atoms with Gasteiger partial charge in [-0.1, -0.05) is 42.5 Å². The second kappa shape index (κ2) is 6.75. The summed E-state index contributed by atoms with van der Waals surface area (Å²) in [6.45, 7) is 18.2. The molecule has 1 heteroatoms. The molecular weight excluding hydrogens is 220 g/mol. The van der Waals surface area contributed by atoms with Gasteiger partial charge in [-0.15, -0.1) is 0 Å². The predicted octanol–water partition coefficient (Wildman–Crippen LogP) is 5.24. The van der Waals surface area contributed by atoms with E-state index in [1.807, 2.05) is 18.2 Å². The van der Waals surface area contributed by atoms with E-state index in [-0.39, 0.29) is 11.2 Å². The summed E-state index contributed by atoms with van der Waals surface area (Å²) in [7, 11) is 0. The normalized spacial score (nSPS) is 11.5. The van der Waals surface area contributed by atoms with Crippen LogP contribution in [0.1, 0.15) is 52.7 Å². The second-order valence-electron chi connectivity index (χ2n) is 6.45. The quantitative estimate of drug-likeness (QED) is 0.660. The number of benzene rings is 1. The lowest BCUT2D eigenvalue weighted by Gasteiger charge is -2.30. The Balaban J connectivity index is 0.000000321. The highest BCUT2D eigenvalue weighted by atomic mass is 16.5. The third kappa shape index (κ3) is 10.1. The maximum Gasteiger partial charge on any atom is 0.0605 e. The monoisotopic (exact) mass is 248 g/mol. The van der Waals surface area contributed by atoms with E-state index in [2.05, 4.69) is 67.2 Å². The largest absolute Gasteiger partial charge is 0.370 e. The Hall–Kier alpha value is -1.08. The molecule has 0 saturated carbocycles. The van der Waals surface area contributed by atoms with E-state index in [1.54, 1.807) is 0 Å². The highest BCUT2D eigenvalue weighted by Gasteiger charge is 2.19. The standard InChI is InChI=1S/C9H10.C8H18O/c1-3-9-6-4-5-8(2)7-9;1-7(2,3)9-8(4,5)6/h3-7H,1H2,2H3;1-6H3. The minimum atomic E-state index is -0.0156. The Morgan fingerprint density at radius 3 is 1.72 bits per heavy atom. The summed E-state index contributed by atoms with van der Waals surface area (Å²) in [5.41, 5.74) is 2.44. The zero-order chi connectivity index (χ0) is 14.4. The van der Waals surface area contributed by atoms with Crippen LogP contribution in [0.4, 0.5) is 0 Å². The van der Waals surface area contributed by atoms with Crippen LogP contribution in [-0.4, -0.2) is 11.2 Å². The maximum atomic E-state index is 5.62. The molecule has 0 spiro atoms. The number of rotatable bonds is 1. The minimum Gasteiger partial charge on any atom is -0.370 e. The number of ether oxygens (including phenoxy) is 1. The van der Waals surface area contributed by atoms with Crippen molar-refractivity contribution in [3.05, 3.63) is 42.0 Å². The first-order valence-electron chi connectivity index (χ1n) is 6.43. The zero-order valence-electron chi connectivity index (χ0n) is 13.0. The lowest BCUT2D eigenvalue weighted by molar-refractivity contribution is -0.102. The fourth-order valence-corrected chi connectivity index (χ4v) is 1.72. The minimum absolute atomic E-state index is 0.0156. The van der Waals surface area contributed by atoms with E-state index in [0.29, 0.717) is 0 Å². The first-order chi connectivity index (χ1) is 8.03. The zero-order valence-corrected chi connectivity index (χ0v) is 13.0. The SMILES string of the molecule is C=Cc1cccc(C)c1.CC(C)(C)OC(C)(C)C. The van der Waals surface area contributed by atoms with E-state index in [0.717, 1.165) is 0 Å². The van der Waals surface area contributed by atoms with Crippen molar-refractivity contribution in [3.8, 4) is 0 Å². The van der Waals surface area contributed by atoms with Gasteiger partial charge in [0.1, 0.15) is 0 Å². The highest BCUT2D eigenvalue weighted by Crippen LogP contribution is 2.17. The smallest absolute Gasteiger partial charge is 0.0605 e. The lowest BCUT2D eigenvalue weighted by atomic mass is 10.1. The molecule has 0 aliphatic carbocycles. The molecule has 102 valence electrons. The van der Waals surface area contributed by atoms with Gasteiger partial charge in [-0.2, -0.15) is 0 Å². The molecule has 0 radical (unpaired) electrons. The number of aryl methyl sites for hydroxylation is 1. The molecule has 0 aliphatic heterocycles. The van der Waals surface area contributed by atoms with E-state index < -0.39 is 0 Å². The van der Waals surface area contributed by atoms with Crippen molar-refractivity contribution in [2.45, 2.75) is 59.7 Å². The second-order valence-corrected chi connectivity index (χ2v) is 6.45. The number of hydrogen-bond donors (Lipinski definition) is 0. The molecule has 0 heterocycles. The van der Waals surface area contributed by atoms with Gasteiger partial charge in [0.2, 0.25) is 0 Å². The lowest BCUT2D eigenvalue weighted by Crippen LogP contribution is -2.31. The van der Waals surface area contributed by atoms with Crippen molar-refractivity contribution in [3.63, 3.8) is 0 Å². The van der Waals surface area contributed by atoms with Crippen LogP contribution in [0.3, 0.4) is 0 Å². The summed E-state index contributed by atoms with van der Waals surface area (Å²) >= 11 is 0. The van der Waals surface area contributed by atoms with Gasteiger partial charge in [-0.05, 0) is 54.0 Å². The van der Waals surface area contributed by atoms with E-state index in [9.17, 15) is 0 Å². The molecule has 0 fully saturated rings. The van der Waals surface area contributed by atoms with Gasteiger partial charge in [-0.3, -0.25) is 0 Å². The van der Waals surface area contributed by atoms with Gasteiger partial charge >= 0.3 is 0 Å². The Bertz CT molecular complexity index is 352. The molecule has 1 aromatic rings. The van der Waals surface area contributed by atoms with Crippen molar-refractivity contribution in [1.82, 2.24) is 0 Å². The van der Waals surface area contributed by atoms with Crippen molar-refractivity contribution < 1.29 is 4.74 Å². The van der Waals surface area contributed by atoms with Crippen LogP contribution in [0, 0.1) is 6.92 Å². The summed E-state index contributed by atoms with van der Waals surface area (Å²) in [5, 5.41) is 0. The molecule has 0 amide bonds. The van der Waals surface area contributed by atoms with Crippen LogP contribution in [-0.2, 0) is 4.74 Å². The van der Waals surface area contributed by atoms with Crippen LogP contribution in [0.25, 0.3) is 6.08 Å². The molecule has 0 unspecified atom stereocenters. The molecular formula is C17H28O. The van der Waals surface area contributed by atoms with E-state index >= 15 is 0 Å². The van der Waals surface area contributed by atoms with Crippen LogP contribution >= 0.6 is 0 Å². The molecule has 0 N–H and O–H groups in total. The van der Waals surface area contributed by atoms with Crippen molar-refractivity contribution in [2.24, 2.45) is 0 Å². The Morgan fingerprint density at radius 1 is 1.00 bits per heavy atom. The van der Waals surface area contributed by atoms with Crippen LogP contribution in [0.15, 0.2) is 30.8 Å². The average molecular weight is 248 g/mol. The van der Waals surface area contributed by atoms with Crippen molar-refractivity contribution >= 4 is 6.08 Å². The maximum absolute atomic E-state index is 5.62. The molecule has 0 aliphatic rings. The molecule has 1 rings (SSSR count). The first kappa shape index (κ1) is 16.9. The molecule has 1 nitrogen and oxygen atoms in total.